The highest BCUT2D eigenvalue weighted by Crippen LogP contribution is 2.28. The summed E-state index contributed by atoms with van der Waals surface area (Å²) in [4.78, 5) is 0. The van der Waals surface area contributed by atoms with Crippen molar-refractivity contribution in [2.24, 2.45) is 5.92 Å². The lowest BCUT2D eigenvalue weighted by Crippen LogP contribution is -2.50. The molecule has 1 aliphatic heterocycles. The Morgan fingerprint density at radius 2 is 2.29 bits per heavy atom. The highest BCUT2D eigenvalue weighted by atomic mass is 79.9. The highest BCUT2D eigenvalue weighted by molar-refractivity contribution is 9.09. The molecule has 3 nitrogen and oxygen atoms in total. The SMILES string of the molecule is O=S(=O)(c1cccs1)N1CC(CBr)C1. The zero-order valence-corrected chi connectivity index (χ0v) is 10.6. The molecule has 6 heteroatoms. The van der Waals surface area contributed by atoms with Crippen LogP contribution in [0.2, 0.25) is 0 Å². The molecule has 0 bridgehead atoms. The number of hydrogen-bond acceptors (Lipinski definition) is 3. The van der Waals surface area contributed by atoms with Crippen molar-refractivity contribution in [2.75, 3.05) is 18.4 Å². The van der Waals surface area contributed by atoms with Crippen molar-refractivity contribution in [1.29, 1.82) is 0 Å². The maximum Gasteiger partial charge on any atom is 0.252 e. The van der Waals surface area contributed by atoms with Crippen LogP contribution in [-0.4, -0.2) is 31.1 Å². The first-order valence-corrected chi connectivity index (χ1v) is 7.68. The fraction of sp³-hybridized carbons (Fsp3) is 0.500. The fourth-order valence-electron chi connectivity index (χ4n) is 1.35. The van der Waals surface area contributed by atoms with Crippen LogP contribution in [0, 0.1) is 5.92 Å². The minimum atomic E-state index is -3.17. The van der Waals surface area contributed by atoms with Crippen LogP contribution < -0.4 is 0 Å². The first-order valence-electron chi connectivity index (χ1n) is 4.24. The molecule has 0 amide bonds. The smallest absolute Gasteiger partial charge is 0.206 e. The fourth-order valence-corrected chi connectivity index (χ4v) is 4.50. The van der Waals surface area contributed by atoms with E-state index < -0.39 is 10.0 Å². The number of halogens is 1. The highest BCUT2D eigenvalue weighted by Gasteiger charge is 2.36. The second-order valence-corrected chi connectivity index (χ2v) is 7.03. The van der Waals surface area contributed by atoms with Gasteiger partial charge in [0.25, 0.3) is 10.0 Å². The van der Waals surface area contributed by atoms with Crippen LogP contribution in [0.3, 0.4) is 0 Å². The Balaban J connectivity index is 2.12. The summed E-state index contributed by atoms with van der Waals surface area (Å²) in [6, 6.07) is 3.42. The molecular weight excluding hydrogens is 286 g/mol. The third kappa shape index (κ3) is 1.76. The minimum Gasteiger partial charge on any atom is -0.206 e. The molecule has 0 unspecified atom stereocenters. The van der Waals surface area contributed by atoms with Crippen LogP contribution in [0.5, 0.6) is 0 Å². The molecule has 0 aliphatic carbocycles. The summed E-state index contributed by atoms with van der Waals surface area (Å²) in [7, 11) is -3.17. The van der Waals surface area contributed by atoms with E-state index in [2.05, 4.69) is 15.9 Å². The first-order chi connectivity index (χ1) is 6.64. The third-order valence-corrected chi connectivity index (χ3v) is 6.35. The summed E-state index contributed by atoms with van der Waals surface area (Å²) in [5, 5.41) is 2.66. The van der Waals surface area contributed by atoms with Crippen molar-refractivity contribution in [3.8, 4) is 0 Å². The number of alkyl halides is 1. The van der Waals surface area contributed by atoms with Crippen LogP contribution in [0.4, 0.5) is 0 Å². The lowest BCUT2D eigenvalue weighted by Gasteiger charge is -2.36. The van der Waals surface area contributed by atoms with Crippen molar-refractivity contribution in [3.05, 3.63) is 17.5 Å². The molecule has 14 heavy (non-hydrogen) atoms. The lowest BCUT2D eigenvalue weighted by atomic mass is 10.1. The van der Waals surface area contributed by atoms with E-state index in [-0.39, 0.29) is 0 Å². The number of hydrogen-bond donors (Lipinski definition) is 0. The van der Waals surface area contributed by atoms with Crippen LogP contribution in [0.1, 0.15) is 0 Å². The lowest BCUT2D eigenvalue weighted by molar-refractivity contribution is 0.224. The monoisotopic (exact) mass is 295 g/mol. The van der Waals surface area contributed by atoms with Gasteiger partial charge >= 0.3 is 0 Å². The maximum absolute atomic E-state index is 11.9. The molecule has 1 aromatic heterocycles. The van der Waals surface area contributed by atoms with Gasteiger partial charge in [0.1, 0.15) is 4.21 Å². The summed E-state index contributed by atoms with van der Waals surface area (Å²) in [6.45, 7) is 1.29. The van der Waals surface area contributed by atoms with E-state index in [0.717, 1.165) is 5.33 Å². The average molecular weight is 296 g/mol. The predicted octanol–water partition coefficient (Wildman–Crippen LogP) is 1.76. The second kappa shape index (κ2) is 3.92. The van der Waals surface area contributed by atoms with Gasteiger partial charge in [0.15, 0.2) is 0 Å². The zero-order chi connectivity index (χ0) is 10.2. The Bertz CT molecular complexity index is 395. The maximum atomic E-state index is 11.9. The molecule has 1 aromatic rings. The van der Waals surface area contributed by atoms with Gasteiger partial charge in [0, 0.05) is 18.4 Å². The number of thiophene rings is 1. The minimum absolute atomic E-state index is 0.450. The van der Waals surface area contributed by atoms with Gasteiger partial charge in [0.2, 0.25) is 0 Å². The Morgan fingerprint density at radius 3 is 2.79 bits per heavy atom. The van der Waals surface area contributed by atoms with E-state index >= 15 is 0 Å². The van der Waals surface area contributed by atoms with Crippen molar-refractivity contribution >= 4 is 37.3 Å². The first kappa shape index (κ1) is 10.6. The van der Waals surface area contributed by atoms with Crippen LogP contribution >= 0.6 is 27.3 Å². The van der Waals surface area contributed by atoms with E-state index in [4.69, 9.17) is 0 Å². The van der Waals surface area contributed by atoms with Crippen molar-refractivity contribution in [2.45, 2.75) is 4.21 Å². The van der Waals surface area contributed by atoms with Gasteiger partial charge in [-0.05, 0) is 17.4 Å². The molecule has 0 radical (unpaired) electrons. The molecular formula is C8H10BrNO2S2. The van der Waals surface area contributed by atoms with E-state index in [1.165, 1.54) is 15.6 Å². The third-order valence-electron chi connectivity index (χ3n) is 2.23. The molecule has 0 saturated carbocycles. The molecule has 0 spiro atoms. The Kier molecular flexibility index (Phi) is 2.97. The topological polar surface area (TPSA) is 37.4 Å². The standard InChI is InChI=1S/C8H10BrNO2S2/c9-4-7-5-10(6-7)14(11,12)8-2-1-3-13-8/h1-3,7H,4-6H2. The number of rotatable bonds is 3. The largest absolute Gasteiger partial charge is 0.252 e. The molecule has 0 atom stereocenters. The normalized spacial score (nSPS) is 19.5. The van der Waals surface area contributed by atoms with E-state index in [9.17, 15) is 8.42 Å². The summed E-state index contributed by atoms with van der Waals surface area (Å²) >= 11 is 4.63. The van der Waals surface area contributed by atoms with E-state index in [0.29, 0.717) is 23.2 Å². The van der Waals surface area contributed by atoms with Gasteiger partial charge < -0.3 is 0 Å². The van der Waals surface area contributed by atoms with Crippen LogP contribution in [-0.2, 0) is 10.0 Å². The van der Waals surface area contributed by atoms with Crippen molar-refractivity contribution < 1.29 is 8.42 Å². The van der Waals surface area contributed by atoms with Crippen molar-refractivity contribution in [3.63, 3.8) is 0 Å². The van der Waals surface area contributed by atoms with Gasteiger partial charge in [-0.1, -0.05) is 22.0 Å². The van der Waals surface area contributed by atoms with Gasteiger partial charge in [-0.15, -0.1) is 11.3 Å². The molecule has 1 saturated heterocycles. The Labute approximate surface area is 95.9 Å². The predicted molar refractivity (Wildman–Crippen MR) is 60.4 cm³/mol. The molecule has 2 heterocycles. The quantitative estimate of drug-likeness (QED) is 0.797. The van der Waals surface area contributed by atoms with Gasteiger partial charge in [0.05, 0.1) is 0 Å². The molecule has 2 rings (SSSR count). The summed E-state index contributed by atoms with van der Waals surface area (Å²) in [6.07, 6.45) is 0. The summed E-state index contributed by atoms with van der Waals surface area (Å²) in [5.41, 5.74) is 0. The van der Waals surface area contributed by atoms with E-state index in [1.54, 1.807) is 17.5 Å². The Morgan fingerprint density at radius 1 is 1.57 bits per heavy atom. The van der Waals surface area contributed by atoms with Crippen LogP contribution in [0.15, 0.2) is 21.7 Å². The molecule has 78 valence electrons. The van der Waals surface area contributed by atoms with Crippen molar-refractivity contribution in [1.82, 2.24) is 4.31 Å². The van der Waals surface area contributed by atoms with Crippen LogP contribution in [0.25, 0.3) is 0 Å². The number of sulfonamides is 1. The van der Waals surface area contributed by atoms with Gasteiger partial charge in [-0.3, -0.25) is 0 Å². The average Bonchev–Trinajstić information content (AvgIpc) is 2.53. The number of nitrogens with zero attached hydrogens (tertiary/aromatic N) is 1. The Hall–Kier alpha value is 0.0900. The molecule has 0 N–H and O–H groups in total. The zero-order valence-electron chi connectivity index (χ0n) is 7.39. The molecule has 1 aliphatic rings. The summed E-state index contributed by atoms with van der Waals surface area (Å²) in [5.74, 6) is 0.477. The molecule has 1 fully saturated rings. The van der Waals surface area contributed by atoms with Gasteiger partial charge in [-0.2, -0.15) is 4.31 Å². The van der Waals surface area contributed by atoms with E-state index in [1.807, 2.05) is 0 Å². The second-order valence-electron chi connectivity index (χ2n) is 3.27. The summed E-state index contributed by atoms with van der Waals surface area (Å²) < 4.78 is 25.7. The molecule has 0 aromatic carbocycles. The van der Waals surface area contributed by atoms with Gasteiger partial charge in [-0.25, -0.2) is 8.42 Å².